The number of rotatable bonds is 4. The number of hydrogen-bond donors (Lipinski definition) is 1. The summed E-state index contributed by atoms with van der Waals surface area (Å²) in [6.07, 6.45) is 4.95. The molecule has 0 aromatic heterocycles. The molecule has 3 heteroatoms. The lowest BCUT2D eigenvalue weighted by Gasteiger charge is -2.30. The predicted molar refractivity (Wildman–Crippen MR) is 75.9 cm³/mol. The number of ether oxygens (including phenoxy) is 1. The van der Waals surface area contributed by atoms with E-state index in [4.69, 9.17) is 15.7 Å². The molecule has 19 heavy (non-hydrogen) atoms. The predicted octanol–water partition coefficient (Wildman–Crippen LogP) is 3.01. The molecular formula is C16H22N2O. The van der Waals surface area contributed by atoms with Crippen LogP contribution in [0.15, 0.2) is 18.2 Å². The van der Waals surface area contributed by atoms with Crippen LogP contribution < -0.4 is 10.5 Å². The van der Waals surface area contributed by atoms with Gasteiger partial charge >= 0.3 is 0 Å². The fourth-order valence-corrected chi connectivity index (χ4v) is 2.85. The molecule has 1 saturated carbocycles. The molecule has 2 atom stereocenters. The van der Waals surface area contributed by atoms with Gasteiger partial charge in [0.15, 0.2) is 0 Å². The molecule has 3 nitrogen and oxygen atoms in total. The Bertz CT molecular complexity index is 464. The first-order chi connectivity index (χ1) is 9.24. The van der Waals surface area contributed by atoms with Gasteiger partial charge in [-0.15, -0.1) is 0 Å². The maximum atomic E-state index is 9.09. The molecule has 1 aliphatic carbocycles. The maximum Gasteiger partial charge on any atom is 0.137 e. The van der Waals surface area contributed by atoms with E-state index in [1.54, 1.807) is 0 Å². The number of aryl methyl sites for hydroxylation is 1. The zero-order valence-corrected chi connectivity index (χ0v) is 11.6. The van der Waals surface area contributed by atoms with E-state index in [0.29, 0.717) is 29.8 Å². The second kappa shape index (κ2) is 6.58. The maximum absolute atomic E-state index is 9.09. The first-order valence-electron chi connectivity index (χ1n) is 7.08. The highest BCUT2D eigenvalue weighted by molar-refractivity contribution is 5.45. The molecule has 1 aliphatic rings. The molecule has 1 fully saturated rings. The van der Waals surface area contributed by atoms with Crippen molar-refractivity contribution in [2.24, 2.45) is 17.6 Å². The van der Waals surface area contributed by atoms with Crippen molar-refractivity contribution >= 4 is 0 Å². The fraction of sp³-hybridized carbons (Fsp3) is 0.562. The quantitative estimate of drug-likeness (QED) is 0.903. The number of nitrogens with two attached hydrogens (primary N) is 1. The lowest BCUT2D eigenvalue weighted by molar-refractivity contribution is 0.153. The molecule has 0 spiro atoms. The Morgan fingerprint density at radius 3 is 2.74 bits per heavy atom. The van der Waals surface area contributed by atoms with Crippen molar-refractivity contribution in [2.75, 3.05) is 13.2 Å². The Labute approximate surface area is 115 Å². The van der Waals surface area contributed by atoms with Gasteiger partial charge in [0.25, 0.3) is 0 Å². The molecule has 1 aromatic carbocycles. The number of benzene rings is 1. The molecule has 2 unspecified atom stereocenters. The largest absolute Gasteiger partial charge is 0.492 e. The molecule has 2 rings (SSSR count). The zero-order chi connectivity index (χ0) is 13.7. The summed E-state index contributed by atoms with van der Waals surface area (Å²) in [5, 5.41) is 9.09. The van der Waals surface area contributed by atoms with E-state index in [1.807, 2.05) is 25.1 Å². The lowest BCUT2D eigenvalue weighted by atomic mass is 9.80. The van der Waals surface area contributed by atoms with Crippen LogP contribution in [0.2, 0.25) is 0 Å². The second-order valence-corrected chi connectivity index (χ2v) is 5.46. The van der Waals surface area contributed by atoms with Gasteiger partial charge in [0.05, 0.1) is 12.2 Å². The van der Waals surface area contributed by atoms with Crippen LogP contribution in [-0.2, 0) is 0 Å². The van der Waals surface area contributed by atoms with Crippen molar-refractivity contribution in [3.63, 3.8) is 0 Å². The second-order valence-electron chi connectivity index (χ2n) is 5.46. The topological polar surface area (TPSA) is 59.0 Å². The van der Waals surface area contributed by atoms with Gasteiger partial charge in [0, 0.05) is 0 Å². The molecule has 0 aliphatic heterocycles. The van der Waals surface area contributed by atoms with Gasteiger partial charge in [-0.2, -0.15) is 5.26 Å². The van der Waals surface area contributed by atoms with Crippen LogP contribution in [0.3, 0.4) is 0 Å². The Morgan fingerprint density at radius 1 is 1.32 bits per heavy atom. The summed E-state index contributed by atoms with van der Waals surface area (Å²) >= 11 is 0. The van der Waals surface area contributed by atoms with Gasteiger partial charge in [0.2, 0.25) is 0 Å². The number of nitrogens with zero attached hydrogens (tertiary/aromatic N) is 1. The third-order valence-electron chi connectivity index (χ3n) is 4.08. The highest BCUT2D eigenvalue weighted by Gasteiger charge is 2.24. The average molecular weight is 258 g/mol. The Hall–Kier alpha value is -1.53. The molecule has 0 heterocycles. The van der Waals surface area contributed by atoms with Gasteiger partial charge in [-0.25, -0.2) is 0 Å². The van der Waals surface area contributed by atoms with E-state index >= 15 is 0 Å². The van der Waals surface area contributed by atoms with E-state index in [9.17, 15) is 0 Å². The Balaban J connectivity index is 2.01. The zero-order valence-electron chi connectivity index (χ0n) is 11.6. The van der Waals surface area contributed by atoms with Gasteiger partial charge in [0.1, 0.15) is 11.8 Å². The highest BCUT2D eigenvalue weighted by atomic mass is 16.5. The first kappa shape index (κ1) is 13.9. The highest BCUT2D eigenvalue weighted by Crippen LogP contribution is 2.30. The third-order valence-corrected chi connectivity index (χ3v) is 4.08. The molecule has 0 amide bonds. The van der Waals surface area contributed by atoms with Gasteiger partial charge in [-0.05, 0) is 55.8 Å². The minimum atomic E-state index is 0.533. The van der Waals surface area contributed by atoms with Crippen molar-refractivity contribution in [1.29, 1.82) is 5.26 Å². The lowest BCUT2D eigenvalue weighted by Crippen LogP contribution is -2.30. The summed E-state index contributed by atoms with van der Waals surface area (Å²) in [6.45, 7) is 3.43. The summed E-state index contributed by atoms with van der Waals surface area (Å²) in [5.41, 5.74) is 7.57. The van der Waals surface area contributed by atoms with Crippen LogP contribution in [0.4, 0.5) is 0 Å². The molecule has 0 bridgehead atoms. The summed E-state index contributed by atoms with van der Waals surface area (Å²) in [4.78, 5) is 0. The van der Waals surface area contributed by atoms with Gasteiger partial charge < -0.3 is 10.5 Å². The molecule has 102 valence electrons. The van der Waals surface area contributed by atoms with Crippen molar-refractivity contribution < 1.29 is 4.74 Å². The smallest absolute Gasteiger partial charge is 0.137 e. The third kappa shape index (κ3) is 3.48. The van der Waals surface area contributed by atoms with Gasteiger partial charge in [-0.1, -0.05) is 18.9 Å². The van der Waals surface area contributed by atoms with Crippen molar-refractivity contribution in [3.8, 4) is 11.8 Å². The van der Waals surface area contributed by atoms with E-state index in [0.717, 1.165) is 12.1 Å². The number of hydrogen-bond acceptors (Lipinski definition) is 3. The average Bonchev–Trinajstić information content (AvgIpc) is 2.45. The fourth-order valence-electron chi connectivity index (χ4n) is 2.85. The van der Waals surface area contributed by atoms with E-state index in [1.165, 1.54) is 25.7 Å². The Morgan fingerprint density at radius 2 is 2.05 bits per heavy atom. The normalized spacial score (nSPS) is 22.8. The van der Waals surface area contributed by atoms with E-state index in [2.05, 4.69) is 6.07 Å². The summed E-state index contributed by atoms with van der Waals surface area (Å²) in [7, 11) is 0. The molecule has 1 aromatic rings. The molecule has 0 radical (unpaired) electrons. The van der Waals surface area contributed by atoms with Crippen LogP contribution in [0.5, 0.6) is 5.75 Å². The molecular weight excluding hydrogens is 236 g/mol. The van der Waals surface area contributed by atoms with Crippen molar-refractivity contribution in [3.05, 3.63) is 29.3 Å². The van der Waals surface area contributed by atoms with Crippen LogP contribution >= 0.6 is 0 Å². The first-order valence-corrected chi connectivity index (χ1v) is 7.08. The molecule has 0 saturated heterocycles. The minimum absolute atomic E-state index is 0.533. The SMILES string of the molecule is Cc1ccc(C#N)c(OCC2CCCCC2CN)c1. The number of nitriles is 1. The minimum Gasteiger partial charge on any atom is -0.492 e. The van der Waals surface area contributed by atoms with E-state index in [-0.39, 0.29) is 0 Å². The van der Waals surface area contributed by atoms with Crippen LogP contribution in [-0.4, -0.2) is 13.2 Å². The van der Waals surface area contributed by atoms with Crippen LogP contribution in [0.25, 0.3) is 0 Å². The summed E-state index contributed by atoms with van der Waals surface area (Å²) < 4.78 is 5.90. The Kier molecular flexibility index (Phi) is 4.81. The van der Waals surface area contributed by atoms with Crippen molar-refractivity contribution in [2.45, 2.75) is 32.6 Å². The van der Waals surface area contributed by atoms with Crippen molar-refractivity contribution in [1.82, 2.24) is 0 Å². The standard InChI is InChI=1S/C16H22N2O/c1-12-6-7-14(10-18)16(8-12)19-11-15-5-3-2-4-13(15)9-17/h6-8,13,15H,2-5,9,11,17H2,1H3. The van der Waals surface area contributed by atoms with Crippen LogP contribution in [0, 0.1) is 30.1 Å². The molecule has 2 N–H and O–H groups in total. The van der Waals surface area contributed by atoms with Gasteiger partial charge in [-0.3, -0.25) is 0 Å². The monoisotopic (exact) mass is 258 g/mol. The van der Waals surface area contributed by atoms with Crippen LogP contribution in [0.1, 0.15) is 36.8 Å². The summed E-state index contributed by atoms with van der Waals surface area (Å²) in [5.74, 6) is 1.82. The summed E-state index contributed by atoms with van der Waals surface area (Å²) in [6, 6.07) is 7.89. The van der Waals surface area contributed by atoms with E-state index < -0.39 is 0 Å².